The zero-order valence-corrected chi connectivity index (χ0v) is 12.5. The molecule has 0 aliphatic rings. The van der Waals surface area contributed by atoms with Crippen molar-refractivity contribution in [3.05, 3.63) is 64.5 Å². The van der Waals surface area contributed by atoms with Crippen molar-refractivity contribution in [3.63, 3.8) is 0 Å². The zero-order chi connectivity index (χ0) is 14.7. The maximum Gasteiger partial charge on any atom is 0.289 e. The van der Waals surface area contributed by atoms with Crippen molar-refractivity contribution < 1.29 is 4.79 Å². The highest BCUT2D eigenvalue weighted by Crippen LogP contribution is 2.21. The number of fused-ring (bicyclic) bond motifs is 1. The first-order valence-electron chi connectivity index (χ1n) is 6.25. The summed E-state index contributed by atoms with van der Waals surface area (Å²) in [7, 11) is 0. The van der Waals surface area contributed by atoms with Crippen LogP contribution in [0.1, 0.15) is 16.1 Å². The van der Waals surface area contributed by atoms with Crippen LogP contribution in [0, 0.1) is 0 Å². The average Bonchev–Trinajstić information content (AvgIpc) is 2.90. The SMILES string of the molecule is O=C(N/N=C/c1c[nH]c2ccc(Br)cc12)c1ccccn1. The Bertz CT molecular complexity index is 811. The average molecular weight is 343 g/mol. The lowest BCUT2D eigenvalue weighted by Crippen LogP contribution is -2.18. The number of hydrogen-bond acceptors (Lipinski definition) is 3. The van der Waals surface area contributed by atoms with Crippen LogP contribution < -0.4 is 5.43 Å². The first-order valence-corrected chi connectivity index (χ1v) is 7.04. The predicted octanol–water partition coefficient (Wildman–Crippen LogP) is 3.09. The zero-order valence-electron chi connectivity index (χ0n) is 10.9. The molecule has 0 atom stereocenters. The summed E-state index contributed by atoms with van der Waals surface area (Å²) in [5, 5.41) is 5.00. The minimum absolute atomic E-state index is 0.330. The number of pyridine rings is 1. The highest BCUT2D eigenvalue weighted by Gasteiger charge is 2.05. The number of nitrogens with zero attached hydrogens (tertiary/aromatic N) is 2. The Morgan fingerprint density at radius 3 is 3.05 bits per heavy atom. The Hall–Kier alpha value is -2.47. The Kier molecular flexibility index (Phi) is 3.79. The number of amides is 1. The van der Waals surface area contributed by atoms with Gasteiger partial charge in [-0.3, -0.25) is 9.78 Å². The topological polar surface area (TPSA) is 70.1 Å². The number of H-pyrrole nitrogens is 1. The van der Waals surface area contributed by atoms with Gasteiger partial charge in [0, 0.05) is 33.3 Å². The van der Waals surface area contributed by atoms with E-state index in [0.29, 0.717) is 5.69 Å². The summed E-state index contributed by atoms with van der Waals surface area (Å²) in [4.78, 5) is 18.9. The van der Waals surface area contributed by atoms with E-state index in [1.165, 1.54) is 0 Å². The number of hydrazone groups is 1. The van der Waals surface area contributed by atoms with E-state index in [9.17, 15) is 4.79 Å². The first-order chi connectivity index (χ1) is 10.2. The van der Waals surface area contributed by atoms with E-state index in [1.807, 2.05) is 24.4 Å². The van der Waals surface area contributed by atoms with Crippen LogP contribution in [-0.2, 0) is 0 Å². The molecular formula is C15H11BrN4O. The molecule has 104 valence electrons. The molecule has 0 unspecified atom stereocenters. The van der Waals surface area contributed by atoms with Crippen LogP contribution in [0.4, 0.5) is 0 Å². The normalized spacial score (nSPS) is 11.1. The molecule has 0 fully saturated rings. The Morgan fingerprint density at radius 1 is 1.33 bits per heavy atom. The molecule has 5 nitrogen and oxygen atoms in total. The molecule has 2 aromatic heterocycles. The van der Waals surface area contributed by atoms with Gasteiger partial charge in [-0.1, -0.05) is 22.0 Å². The second-order valence-corrected chi connectivity index (χ2v) is 5.26. The molecule has 0 aliphatic carbocycles. The number of rotatable bonds is 3. The van der Waals surface area contributed by atoms with Gasteiger partial charge in [-0.05, 0) is 30.3 Å². The van der Waals surface area contributed by atoms with Gasteiger partial charge in [-0.25, -0.2) is 5.43 Å². The smallest absolute Gasteiger partial charge is 0.289 e. The minimum Gasteiger partial charge on any atom is -0.361 e. The van der Waals surface area contributed by atoms with E-state index in [1.54, 1.807) is 30.6 Å². The van der Waals surface area contributed by atoms with Gasteiger partial charge in [0.05, 0.1) is 6.21 Å². The van der Waals surface area contributed by atoms with Crippen molar-refractivity contribution in [1.29, 1.82) is 0 Å². The van der Waals surface area contributed by atoms with Gasteiger partial charge in [0.1, 0.15) is 5.69 Å². The summed E-state index contributed by atoms with van der Waals surface area (Å²) in [5.41, 5.74) is 4.69. The standard InChI is InChI=1S/C15H11BrN4O/c16-11-4-5-13-12(7-11)10(8-18-13)9-19-20-15(21)14-3-1-2-6-17-14/h1-9,18H,(H,20,21)/b19-9+. The molecule has 0 bridgehead atoms. The monoisotopic (exact) mass is 342 g/mol. The third-order valence-corrected chi connectivity index (χ3v) is 3.44. The third-order valence-electron chi connectivity index (χ3n) is 2.94. The largest absolute Gasteiger partial charge is 0.361 e. The number of aromatic nitrogens is 2. The Balaban J connectivity index is 1.76. The van der Waals surface area contributed by atoms with Gasteiger partial charge < -0.3 is 4.98 Å². The maximum absolute atomic E-state index is 11.8. The van der Waals surface area contributed by atoms with Crippen molar-refractivity contribution in [2.24, 2.45) is 5.10 Å². The molecule has 0 saturated carbocycles. The summed E-state index contributed by atoms with van der Waals surface area (Å²) in [5.74, 6) is -0.340. The molecule has 0 spiro atoms. The molecule has 2 heterocycles. The lowest BCUT2D eigenvalue weighted by molar-refractivity contribution is 0.0950. The van der Waals surface area contributed by atoms with Crippen LogP contribution in [0.3, 0.4) is 0 Å². The molecule has 0 saturated heterocycles. The van der Waals surface area contributed by atoms with E-state index in [2.05, 4.69) is 36.4 Å². The summed E-state index contributed by atoms with van der Waals surface area (Å²) in [6.07, 6.45) is 5.01. The number of carbonyl (C=O) groups excluding carboxylic acids is 1. The molecule has 6 heteroatoms. The van der Waals surface area contributed by atoms with E-state index in [0.717, 1.165) is 20.9 Å². The van der Waals surface area contributed by atoms with Gasteiger partial charge in [0.2, 0.25) is 0 Å². The van der Waals surface area contributed by atoms with Gasteiger partial charge in [-0.2, -0.15) is 5.10 Å². The van der Waals surface area contributed by atoms with Gasteiger partial charge in [0.15, 0.2) is 0 Å². The van der Waals surface area contributed by atoms with E-state index in [-0.39, 0.29) is 5.91 Å². The summed E-state index contributed by atoms with van der Waals surface area (Å²) < 4.78 is 0.988. The quantitative estimate of drug-likeness (QED) is 0.567. The number of benzene rings is 1. The van der Waals surface area contributed by atoms with E-state index >= 15 is 0 Å². The van der Waals surface area contributed by atoms with Crippen LogP contribution >= 0.6 is 15.9 Å². The maximum atomic E-state index is 11.8. The van der Waals surface area contributed by atoms with Crippen LogP contribution in [0.15, 0.2) is 58.4 Å². The lowest BCUT2D eigenvalue weighted by Gasteiger charge is -1.97. The van der Waals surface area contributed by atoms with Crippen molar-refractivity contribution in [2.45, 2.75) is 0 Å². The minimum atomic E-state index is -0.340. The van der Waals surface area contributed by atoms with Crippen LogP contribution in [0.2, 0.25) is 0 Å². The Morgan fingerprint density at radius 2 is 2.24 bits per heavy atom. The van der Waals surface area contributed by atoms with Crippen molar-refractivity contribution in [1.82, 2.24) is 15.4 Å². The molecule has 2 N–H and O–H groups in total. The Labute approximate surface area is 129 Å². The fourth-order valence-corrected chi connectivity index (χ4v) is 2.30. The highest BCUT2D eigenvalue weighted by atomic mass is 79.9. The first kappa shape index (κ1) is 13.5. The lowest BCUT2D eigenvalue weighted by atomic mass is 10.2. The van der Waals surface area contributed by atoms with Gasteiger partial charge in [0.25, 0.3) is 5.91 Å². The fourth-order valence-electron chi connectivity index (χ4n) is 1.94. The van der Waals surface area contributed by atoms with E-state index in [4.69, 9.17) is 0 Å². The molecule has 3 aromatic rings. The van der Waals surface area contributed by atoms with Crippen LogP contribution in [0.5, 0.6) is 0 Å². The second-order valence-electron chi connectivity index (χ2n) is 4.35. The molecular weight excluding hydrogens is 332 g/mol. The van der Waals surface area contributed by atoms with Gasteiger partial charge >= 0.3 is 0 Å². The number of aromatic amines is 1. The molecule has 3 rings (SSSR count). The third kappa shape index (κ3) is 3.00. The summed E-state index contributed by atoms with van der Waals surface area (Å²) in [6, 6.07) is 11.1. The van der Waals surface area contributed by atoms with Crippen molar-refractivity contribution >= 4 is 39.0 Å². The van der Waals surface area contributed by atoms with Gasteiger partial charge in [-0.15, -0.1) is 0 Å². The van der Waals surface area contributed by atoms with E-state index < -0.39 is 0 Å². The molecule has 0 radical (unpaired) electrons. The molecule has 21 heavy (non-hydrogen) atoms. The predicted molar refractivity (Wildman–Crippen MR) is 85.3 cm³/mol. The van der Waals surface area contributed by atoms with Crippen LogP contribution in [-0.4, -0.2) is 22.1 Å². The fraction of sp³-hybridized carbons (Fsp3) is 0. The van der Waals surface area contributed by atoms with Crippen molar-refractivity contribution in [3.8, 4) is 0 Å². The molecule has 1 aromatic carbocycles. The molecule has 1 amide bonds. The van der Waals surface area contributed by atoms with Crippen LogP contribution in [0.25, 0.3) is 10.9 Å². The number of nitrogens with one attached hydrogen (secondary N) is 2. The number of hydrogen-bond donors (Lipinski definition) is 2. The molecule has 0 aliphatic heterocycles. The second kappa shape index (κ2) is 5.88. The summed E-state index contributed by atoms with van der Waals surface area (Å²) in [6.45, 7) is 0. The summed E-state index contributed by atoms with van der Waals surface area (Å²) >= 11 is 3.44. The highest BCUT2D eigenvalue weighted by molar-refractivity contribution is 9.10. The number of halogens is 1. The van der Waals surface area contributed by atoms with Crippen molar-refractivity contribution in [2.75, 3.05) is 0 Å². The number of carbonyl (C=O) groups is 1.